The van der Waals surface area contributed by atoms with Crippen LogP contribution in [-0.4, -0.2) is 47.5 Å². The molecule has 19 heavy (non-hydrogen) atoms. The van der Waals surface area contributed by atoms with Crippen molar-refractivity contribution in [2.45, 2.75) is 17.7 Å². The summed E-state index contributed by atoms with van der Waals surface area (Å²) in [6, 6.07) is 7.08. The fourth-order valence-electron chi connectivity index (χ4n) is 2.68. The second-order valence-corrected chi connectivity index (χ2v) is 6.20. The molecule has 1 aromatic rings. The molecule has 2 bridgehead atoms. The number of rotatable bonds is 2. The van der Waals surface area contributed by atoms with Gasteiger partial charge in [-0.05, 0) is 30.7 Å². The van der Waals surface area contributed by atoms with Gasteiger partial charge in [-0.3, -0.25) is 4.79 Å². The van der Waals surface area contributed by atoms with Crippen molar-refractivity contribution in [1.29, 1.82) is 0 Å². The lowest BCUT2D eigenvalue weighted by Gasteiger charge is -2.26. The normalized spacial score (nSPS) is 24.6. The van der Waals surface area contributed by atoms with E-state index < -0.39 is 0 Å². The Kier molecular flexibility index (Phi) is 3.22. The number of hydrogen-bond donors (Lipinski definition) is 0. The molecule has 0 unspecified atom stereocenters. The Labute approximate surface area is 116 Å². The highest BCUT2D eigenvalue weighted by Crippen LogP contribution is 2.38. The topological polar surface area (TPSA) is 46.6 Å². The van der Waals surface area contributed by atoms with Gasteiger partial charge in [-0.1, -0.05) is 0 Å². The second kappa shape index (κ2) is 4.89. The lowest BCUT2D eigenvalue weighted by atomic mass is 10.1. The van der Waals surface area contributed by atoms with Crippen molar-refractivity contribution in [2.75, 3.05) is 19.4 Å². The van der Waals surface area contributed by atoms with Crippen molar-refractivity contribution in [2.24, 2.45) is 0 Å². The highest BCUT2D eigenvalue weighted by molar-refractivity contribution is 8.00. The fraction of sp³-hybridized carbons (Fsp3) is 0.429. The zero-order chi connectivity index (χ0) is 13.4. The number of thioether (sulfide) groups is 1. The van der Waals surface area contributed by atoms with E-state index >= 15 is 0 Å². The van der Waals surface area contributed by atoms with Gasteiger partial charge in [0.05, 0.1) is 12.7 Å². The molecule has 2 atom stereocenters. The molecule has 3 rings (SSSR count). The van der Waals surface area contributed by atoms with Gasteiger partial charge in [-0.2, -0.15) is 11.8 Å². The Morgan fingerprint density at radius 2 is 1.95 bits per heavy atom. The Hall–Kier alpha value is -1.49. The van der Waals surface area contributed by atoms with Gasteiger partial charge < -0.3 is 9.64 Å². The molecule has 0 spiro atoms. The van der Waals surface area contributed by atoms with Gasteiger partial charge in [0.1, 0.15) is 0 Å². The van der Waals surface area contributed by atoms with Gasteiger partial charge in [0.25, 0.3) is 5.91 Å². The van der Waals surface area contributed by atoms with Crippen molar-refractivity contribution in [1.82, 2.24) is 4.90 Å². The smallest absolute Gasteiger partial charge is 0.337 e. The van der Waals surface area contributed by atoms with E-state index in [1.54, 1.807) is 24.3 Å². The maximum atomic E-state index is 12.4. The zero-order valence-corrected chi connectivity index (χ0v) is 11.5. The summed E-state index contributed by atoms with van der Waals surface area (Å²) in [4.78, 5) is 25.7. The predicted molar refractivity (Wildman–Crippen MR) is 73.5 cm³/mol. The number of amides is 1. The minimum Gasteiger partial charge on any atom is -0.465 e. The third kappa shape index (κ3) is 2.23. The van der Waals surface area contributed by atoms with Crippen LogP contribution < -0.4 is 0 Å². The Bertz CT molecular complexity index is 514. The number of likely N-dealkylation sites (tertiary alicyclic amines) is 1. The first-order valence-corrected chi connectivity index (χ1v) is 7.35. The first-order valence-electron chi connectivity index (χ1n) is 6.30. The van der Waals surface area contributed by atoms with Crippen LogP contribution in [0.5, 0.6) is 0 Å². The van der Waals surface area contributed by atoms with Gasteiger partial charge in [0.2, 0.25) is 0 Å². The average Bonchev–Trinajstić information content (AvgIpc) is 3.08. The molecule has 0 aromatic heterocycles. The summed E-state index contributed by atoms with van der Waals surface area (Å²) >= 11 is 1.96. The van der Waals surface area contributed by atoms with Gasteiger partial charge in [0.15, 0.2) is 0 Å². The van der Waals surface area contributed by atoms with E-state index in [1.807, 2.05) is 16.7 Å². The van der Waals surface area contributed by atoms with E-state index in [2.05, 4.69) is 4.74 Å². The van der Waals surface area contributed by atoms with Gasteiger partial charge in [-0.25, -0.2) is 4.79 Å². The van der Waals surface area contributed by atoms with E-state index in [-0.39, 0.29) is 11.9 Å². The van der Waals surface area contributed by atoms with Crippen molar-refractivity contribution in [3.63, 3.8) is 0 Å². The van der Waals surface area contributed by atoms with Crippen LogP contribution in [0, 0.1) is 0 Å². The molecule has 100 valence electrons. The number of esters is 1. The molecule has 2 saturated heterocycles. The predicted octanol–water partition coefficient (Wildman–Crippen LogP) is 1.80. The lowest BCUT2D eigenvalue weighted by molar-refractivity contribution is 0.0599. The van der Waals surface area contributed by atoms with Gasteiger partial charge >= 0.3 is 5.97 Å². The molecule has 4 nitrogen and oxygen atoms in total. The first-order chi connectivity index (χ1) is 9.19. The first kappa shape index (κ1) is 12.5. The summed E-state index contributed by atoms with van der Waals surface area (Å²) in [6.07, 6.45) is 1.12. The standard InChI is InChI=1S/C14H15NO3S/c1-18-14(17)10-4-2-9(3-5-10)13(16)15-7-12-6-11(15)8-19-12/h2-5,11-12H,6-8H2,1H3/t11-,12+/m0/s1. The highest BCUT2D eigenvalue weighted by Gasteiger charge is 2.41. The molecule has 0 radical (unpaired) electrons. The summed E-state index contributed by atoms with van der Waals surface area (Å²) in [5.41, 5.74) is 1.11. The number of hydrogen-bond acceptors (Lipinski definition) is 4. The molecular weight excluding hydrogens is 262 g/mol. The van der Waals surface area contributed by atoms with Crippen LogP contribution in [0.2, 0.25) is 0 Å². The van der Waals surface area contributed by atoms with Gasteiger partial charge in [-0.15, -0.1) is 0 Å². The molecule has 0 aliphatic carbocycles. The number of methoxy groups -OCH3 is 1. The quantitative estimate of drug-likeness (QED) is 0.773. The molecular formula is C14H15NO3S. The number of ether oxygens (including phenoxy) is 1. The van der Waals surface area contributed by atoms with Crippen molar-refractivity contribution in [3.05, 3.63) is 35.4 Å². The molecule has 2 aliphatic heterocycles. The minimum absolute atomic E-state index is 0.0733. The van der Waals surface area contributed by atoms with Crippen LogP contribution in [0.3, 0.4) is 0 Å². The molecule has 1 amide bonds. The number of carbonyl (C=O) groups excluding carboxylic acids is 2. The van der Waals surface area contributed by atoms with E-state index in [9.17, 15) is 9.59 Å². The summed E-state index contributed by atoms with van der Waals surface area (Å²) in [6.45, 7) is 0.854. The largest absolute Gasteiger partial charge is 0.465 e. The van der Waals surface area contributed by atoms with Crippen LogP contribution in [0.1, 0.15) is 27.1 Å². The third-order valence-electron chi connectivity index (χ3n) is 3.71. The maximum Gasteiger partial charge on any atom is 0.337 e. The molecule has 2 aliphatic rings. The maximum absolute atomic E-state index is 12.4. The van der Waals surface area contributed by atoms with Gasteiger partial charge in [0, 0.05) is 29.2 Å². The fourth-order valence-corrected chi connectivity index (χ4v) is 4.12. The number of benzene rings is 1. The van der Waals surface area contributed by atoms with Crippen molar-refractivity contribution >= 4 is 23.6 Å². The van der Waals surface area contributed by atoms with Crippen molar-refractivity contribution < 1.29 is 14.3 Å². The monoisotopic (exact) mass is 277 g/mol. The third-order valence-corrected chi connectivity index (χ3v) is 5.10. The number of fused-ring (bicyclic) bond motifs is 2. The van der Waals surface area contributed by atoms with Crippen LogP contribution in [-0.2, 0) is 4.74 Å². The molecule has 2 heterocycles. The minimum atomic E-state index is -0.379. The Morgan fingerprint density at radius 3 is 2.47 bits per heavy atom. The van der Waals surface area contributed by atoms with E-state index in [0.717, 1.165) is 18.7 Å². The molecule has 2 fully saturated rings. The summed E-state index contributed by atoms with van der Waals surface area (Å²) in [7, 11) is 1.35. The molecule has 0 N–H and O–H groups in total. The number of nitrogens with zero attached hydrogens (tertiary/aromatic N) is 1. The average molecular weight is 277 g/mol. The molecule has 5 heteroatoms. The highest BCUT2D eigenvalue weighted by atomic mass is 32.2. The lowest BCUT2D eigenvalue weighted by Crippen LogP contribution is -2.39. The van der Waals surface area contributed by atoms with Crippen LogP contribution >= 0.6 is 11.8 Å². The summed E-state index contributed by atoms with van der Waals surface area (Å²) in [5.74, 6) is 0.747. The number of carbonyl (C=O) groups is 2. The van der Waals surface area contributed by atoms with Crippen molar-refractivity contribution in [3.8, 4) is 0 Å². The zero-order valence-electron chi connectivity index (χ0n) is 10.7. The Morgan fingerprint density at radius 1 is 1.26 bits per heavy atom. The van der Waals surface area contributed by atoms with Crippen LogP contribution in [0.25, 0.3) is 0 Å². The summed E-state index contributed by atoms with van der Waals surface area (Å²) < 4.78 is 4.64. The SMILES string of the molecule is COC(=O)c1ccc(C(=O)N2C[C@H]3C[C@H]2CS3)cc1. The van der Waals surface area contributed by atoms with E-state index in [4.69, 9.17) is 0 Å². The van der Waals surface area contributed by atoms with E-state index in [0.29, 0.717) is 22.4 Å². The Balaban J connectivity index is 1.75. The van der Waals surface area contributed by atoms with E-state index in [1.165, 1.54) is 7.11 Å². The molecule has 0 saturated carbocycles. The second-order valence-electron chi connectivity index (χ2n) is 4.87. The summed E-state index contributed by atoms with van der Waals surface area (Å²) in [5, 5.41) is 0.614. The van der Waals surface area contributed by atoms with Crippen LogP contribution in [0.4, 0.5) is 0 Å². The molecule has 1 aromatic carbocycles. The van der Waals surface area contributed by atoms with Crippen LogP contribution in [0.15, 0.2) is 24.3 Å².